The Kier molecular flexibility index (Phi) is 4.69. The van der Waals surface area contributed by atoms with Crippen molar-refractivity contribution in [1.82, 2.24) is 15.6 Å². The molecule has 0 radical (unpaired) electrons. The van der Waals surface area contributed by atoms with E-state index in [2.05, 4.69) is 15.6 Å². The van der Waals surface area contributed by atoms with Crippen LogP contribution in [0.15, 0.2) is 24.3 Å². The molecule has 1 aromatic rings. The molecule has 1 fully saturated rings. The third-order valence-electron chi connectivity index (χ3n) is 3.22. The molecule has 0 atom stereocenters. The lowest BCUT2D eigenvalue weighted by molar-refractivity contribution is 0.0951. The van der Waals surface area contributed by atoms with Crippen LogP contribution in [0.3, 0.4) is 0 Å². The van der Waals surface area contributed by atoms with E-state index in [1.54, 1.807) is 0 Å². The van der Waals surface area contributed by atoms with Gasteiger partial charge < -0.3 is 5.32 Å². The predicted octanol–water partition coefficient (Wildman–Crippen LogP) is 0.0854. The summed E-state index contributed by atoms with van der Waals surface area (Å²) in [5.41, 5.74) is 3.90. The van der Waals surface area contributed by atoms with Crippen molar-refractivity contribution in [3.63, 3.8) is 0 Å². The molecule has 1 aliphatic heterocycles. The van der Waals surface area contributed by atoms with Crippen LogP contribution in [0.5, 0.6) is 0 Å². The number of hydrogen-bond donors (Lipinski definition) is 3. The fourth-order valence-electron chi connectivity index (χ4n) is 2.26. The summed E-state index contributed by atoms with van der Waals surface area (Å²) in [7, 11) is 0. The third-order valence-corrected chi connectivity index (χ3v) is 3.22. The molecule has 5 nitrogen and oxygen atoms in total. The molecule has 0 saturated carbocycles. The van der Waals surface area contributed by atoms with Crippen LogP contribution in [0.4, 0.5) is 0 Å². The van der Waals surface area contributed by atoms with E-state index in [-0.39, 0.29) is 5.91 Å². The van der Waals surface area contributed by atoms with E-state index in [4.69, 9.17) is 5.84 Å². The number of nitrogens with two attached hydrogens (primary N) is 1. The van der Waals surface area contributed by atoms with Crippen LogP contribution < -0.4 is 16.6 Å². The number of nitrogens with zero attached hydrogens (tertiary/aromatic N) is 1. The highest BCUT2D eigenvalue weighted by atomic mass is 16.2. The Balaban J connectivity index is 2.10. The van der Waals surface area contributed by atoms with E-state index >= 15 is 0 Å². The molecule has 1 amide bonds. The molecule has 0 unspecified atom stereocenters. The molecule has 5 heteroatoms. The lowest BCUT2D eigenvalue weighted by Gasteiger charge is -2.20. The summed E-state index contributed by atoms with van der Waals surface area (Å²) in [4.78, 5) is 14.0. The van der Waals surface area contributed by atoms with Gasteiger partial charge in [-0.15, -0.1) is 0 Å². The SMILES string of the molecule is NNC(=O)c1ccccc1CN1CCCNCC1. The van der Waals surface area contributed by atoms with Gasteiger partial charge in [0.25, 0.3) is 5.91 Å². The van der Waals surface area contributed by atoms with Gasteiger partial charge in [-0.05, 0) is 31.1 Å². The Labute approximate surface area is 107 Å². The summed E-state index contributed by atoms with van der Waals surface area (Å²) < 4.78 is 0. The summed E-state index contributed by atoms with van der Waals surface area (Å²) in [6.45, 7) is 4.95. The highest BCUT2D eigenvalue weighted by Crippen LogP contribution is 2.12. The molecular formula is C13H20N4O. The van der Waals surface area contributed by atoms with Crippen LogP contribution in [0.1, 0.15) is 22.3 Å². The average Bonchev–Trinajstić information content (AvgIpc) is 2.67. The summed E-state index contributed by atoms with van der Waals surface area (Å²) in [5, 5.41) is 3.37. The molecule has 0 aliphatic carbocycles. The third kappa shape index (κ3) is 3.29. The fourth-order valence-corrected chi connectivity index (χ4v) is 2.26. The number of nitrogens with one attached hydrogen (secondary N) is 2. The van der Waals surface area contributed by atoms with Crippen molar-refractivity contribution in [3.8, 4) is 0 Å². The average molecular weight is 248 g/mol. The number of hydrogen-bond acceptors (Lipinski definition) is 4. The molecule has 18 heavy (non-hydrogen) atoms. The maximum Gasteiger partial charge on any atom is 0.265 e. The van der Waals surface area contributed by atoms with Crippen LogP contribution in [-0.4, -0.2) is 37.0 Å². The van der Waals surface area contributed by atoms with E-state index in [0.717, 1.165) is 44.7 Å². The minimum atomic E-state index is -0.224. The van der Waals surface area contributed by atoms with Gasteiger partial charge in [0.05, 0.1) is 0 Å². The van der Waals surface area contributed by atoms with E-state index in [0.29, 0.717) is 5.56 Å². The minimum absolute atomic E-state index is 0.224. The van der Waals surface area contributed by atoms with Gasteiger partial charge in [0.15, 0.2) is 0 Å². The highest BCUT2D eigenvalue weighted by molar-refractivity contribution is 5.95. The molecule has 0 spiro atoms. The van der Waals surface area contributed by atoms with Crippen molar-refractivity contribution in [3.05, 3.63) is 35.4 Å². The van der Waals surface area contributed by atoms with E-state index in [1.165, 1.54) is 0 Å². The van der Waals surface area contributed by atoms with Crippen LogP contribution in [0.2, 0.25) is 0 Å². The standard InChI is InChI=1S/C13H20N4O/c14-16-13(18)12-5-2-1-4-11(12)10-17-8-3-6-15-7-9-17/h1-2,4-5,15H,3,6-10,14H2,(H,16,18). The van der Waals surface area contributed by atoms with Gasteiger partial charge in [0.2, 0.25) is 0 Å². The van der Waals surface area contributed by atoms with Crippen molar-refractivity contribution in [2.24, 2.45) is 5.84 Å². The first-order chi connectivity index (χ1) is 8.81. The summed E-state index contributed by atoms with van der Waals surface area (Å²) in [6.07, 6.45) is 1.14. The maximum absolute atomic E-state index is 11.7. The first-order valence-corrected chi connectivity index (χ1v) is 6.33. The number of carbonyl (C=O) groups excluding carboxylic acids is 1. The van der Waals surface area contributed by atoms with Gasteiger partial charge in [0.1, 0.15) is 0 Å². The van der Waals surface area contributed by atoms with E-state index in [1.807, 2.05) is 24.3 Å². The Morgan fingerprint density at radius 2 is 2.17 bits per heavy atom. The molecule has 0 aromatic heterocycles. The summed E-state index contributed by atoms with van der Waals surface area (Å²) in [5.74, 6) is 4.98. The normalized spacial score (nSPS) is 17.2. The molecule has 1 heterocycles. The van der Waals surface area contributed by atoms with Gasteiger partial charge in [-0.25, -0.2) is 5.84 Å². The van der Waals surface area contributed by atoms with Gasteiger partial charge in [-0.3, -0.25) is 15.1 Å². The number of hydrazine groups is 1. The Hall–Kier alpha value is -1.43. The minimum Gasteiger partial charge on any atom is -0.315 e. The van der Waals surface area contributed by atoms with Gasteiger partial charge in [-0.2, -0.15) is 0 Å². The van der Waals surface area contributed by atoms with Gasteiger partial charge in [0, 0.05) is 25.2 Å². The molecule has 2 rings (SSSR count). The van der Waals surface area contributed by atoms with Crippen molar-refractivity contribution in [2.45, 2.75) is 13.0 Å². The topological polar surface area (TPSA) is 70.4 Å². The maximum atomic E-state index is 11.7. The van der Waals surface area contributed by atoms with Crippen molar-refractivity contribution in [2.75, 3.05) is 26.2 Å². The first-order valence-electron chi connectivity index (χ1n) is 6.33. The number of benzene rings is 1. The van der Waals surface area contributed by atoms with Gasteiger partial charge in [-0.1, -0.05) is 18.2 Å². The van der Waals surface area contributed by atoms with Crippen molar-refractivity contribution < 1.29 is 4.79 Å². The monoisotopic (exact) mass is 248 g/mol. The first kappa shape index (κ1) is 13.0. The Morgan fingerprint density at radius 3 is 3.00 bits per heavy atom. The molecular weight excluding hydrogens is 228 g/mol. The van der Waals surface area contributed by atoms with Crippen LogP contribution in [0, 0.1) is 0 Å². The second-order valence-electron chi connectivity index (χ2n) is 4.51. The number of nitrogen functional groups attached to an aromatic ring is 1. The van der Waals surface area contributed by atoms with Gasteiger partial charge >= 0.3 is 0 Å². The zero-order valence-electron chi connectivity index (χ0n) is 10.5. The lowest BCUT2D eigenvalue weighted by Crippen LogP contribution is -2.32. The van der Waals surface area contributed by atoms with E-state index < -0.39 is 0 Å². The largest absolute Gasteiger partial charge is 0.315 e. The molecule has 1 aromatic carbocycles. The molecule has 4 N–H and O–H groups in total. The number of rotatable bonds is 3. The second kappa shape index (κ2) is 6.49. The molecule has 1 saturated heterocycles. The zero-order valence-corrected chi connectivity index (χ0v) is 10.5. The van der Waals surface area contributed by atoms with Crippen LogP contribution in [0.25, 0.3) is 0 Å². The molecule has 1 aliphatic rings. The quantitative estimate of drug-likeness (QED) is 0.403. The molecule has 98 valence electrons. The zero-order chi connectivity index (χ0) is 12.8. The van der Waals surface area contributed by atoms with Crippen molar-refractivity contribution in [1.29, 1.82) is 0 Å². The van der Waals surface area contributed by atoms with Crippen LogP contribution >= 0.6 is 0 Å². The second-order valence-corrected chi connectivity index (χ2v) is 4.51. The Morgan fingerprint density at radius 1 is 1.33 bits per heavy atom. The number of carbonyl (C=O) groups is 1. The van der Waals surface area contributed by atoms with E-state index in [9.17, 15) is 4.79 Å². The fraction of sp³-hybridized carbons (Fsp3) is 0.462. The Bertz CT molecular complexity index is 400. The van der Waals surface area contributed by atoms with Crippen LogP contribution in [-0.2, 0) is 6.54 Å². The lowest BCUT2D eigenvalue weighted by atomic mass is 10.1. The smallest absolute Gasteiger partial charge is 0.265 e. The molecule has 0 bridgehead atoms. The summed E-state index contributed by atoms with van der Waals surface area (Å²) >= 11 is 0. The number of amides is 1. The summed E-state index contributed by atoms with van der Waals surface area (Å²) in [6, 6.07) is 7.62. The highest BCUT2D eigenvalue weighted by Gasteiger charge is 2.14. The predicted molar refractivity (Wildman–Crippen MR) is 70.9 cm³/mol. The van der Waals surface area contributed by atoms with Crippen molar-refractivity contribution >= 4 is 5.91 Å².